The molecule has 1 saturated heterocycles. The maximum absolute atomic E-state index is 13.8. The van der Waals surface area contributed by atoms with E-state index in [1.54, 1.807) is 12.1 Å². The number of amides is 1. The van der Waals surface area contributed by atoms with E-state index in [-0.39, 0.29) is 36.3 Å². The van der Waals surface area contributed by atoms with Crippen molar-refractivity contribution in [2.24, 2.45) is 0 Å². The second-order valence-electron chi connectivity index (χ2n) is 10.9. The summed E-state index contributed by atoms with van der Waals surface area (Å²) in [6, 6.07) is 8.69. The zero-order chi connectivity index (χ0) is 28.7. The summed E-state index contributed by atoms with van der Waals surface area (Å²) >= 11 is 0. The van der Waals surface area contributed by atoms with Crippen molar-refractivity contribution in [1.29, 1.82) is 0 Å². The van der Waals surface area contributed by atoms with E-state index in [4.69, 9.17) is 4.74 Å². The van der Waals surface area contributed by atoms with Crippen LogP contribution in [0.1, 0.15) is 40.7 Å². The Morgan fingerprint density at radius 3 is 2.73 bits per heavy atom. The lowest BCUT2D eigenvalue weighted by atomic mass is 10.0. The second-order valence-corrected chi connectivity index (χ2v) is 10.9. The number of aromatic amines is 2. The standard InChI is InChI=1S/C30H31F2N5O4/c1-36-10-7-20(8-11-36)37-15-18-12-24-25(14-22(18)30(37)40)35-28(34-24)27-17(6-9-33-29(27)39)2-4-21(38)16-41-26-5-3-19(31)13-23(26)32/h3,5-6,9,12-14,20-21,38H,2,4,7-8,10-11,15-16H2,1H3,(H,33,39)(H,34,35)/t21-/m1/s1. The Hall–Kier alpha value is -4.09. The summed E-state index contributed by atoms with van der Waals surface area (Å²) < 4.78 is 32.2. The highest BCUT2D eigenvalue weighted by molar-refractivity contribution is 6.02. The molecular formula is C30H31F2N5O4. The van der Waals surface area contributed by atoms with Crippen LogP contribution in [0.15, 0.2) is 47.4 Å². The number of aliphatic hydroxyl groups is 1. The molecule has 3 N–H and O–H groups in total. The minimum atomic E-state index is -0.955. The lowest BCUT2D eigenvalue weighted by Crippen LogP contribution is -2.43. The SMILES string of the molecule is CN1CCC(N2Cc3cc4[nH]c(-c5c(CC[C@@H](O)COc6ccc(F)cc6F)cc[nH]c5=O)nc4cc3C2=O)CC1. The molecule has 11 heteroatoms. The second kappa shape index (κ2) is 11.1. The largest absolute Gasteiger partial charge is 0.488 e. The number of likely N-dealkylation sites (tertiary alicyclic amines) is 1. The summed E-state index contributed by atoms with van der Waals surface area (Å²) in [4.78, 5) is 41.0. The average molecular weight is 564 g/mol. The predicted molar refractivity (Wildman–Crippen MR) is 149 cm³/mol. The molecule has 1 amide bonds. The van der Waals surface area contributed by atoms with Gasteiger partial charge < -0.3 is 29.6 Å². The first-order chi connectivity index (χ1) is 19.8. The summed E-state index contributed by atoms with van der Waals surface area (Å²) in [6.45, 7) is 2.31. The van der Waals surface area contributed by atoms with Gasteiger partial charge >= 0.3 is 0 Å². The molecule has 2 aliphatic heterocycles. The van der Waals surface area contributed by atoms with E-state index < -0.39 is 17.7 Å². The fraction of sp³-hybridized carbons (Fsp3) is 0.367. The molecule has 0 bridgehead atoms. The molecule has 2 aliphatic rings. The predicted octanol–water partition coefficient (Wildman–Crippen LogP) is 3.62. The molecule has 6 rings (SSSR count). The molecule has 0 unspecified atom stereocenters. The first-order valence-corrected chi connectivity index (χ1v) is 13.8. The highest BCUT2D eigenvalue weighted by atomic mass is 19.1. The van der Waals surface area contributed by atoms with E-state index in [1.807, 2.05) is 11.0 Å². The van der Waals surface area contributed by atoms with Crippen LogP contribution >= 0.6 is 0 Å². The summed E-state index contributed by atoms with van der Waals surface area (Å²) in [6.07, 6.45) is 3.05. The third-order valence-corrected chi connectivity index (χ3v) is 8.02. The smallest absolute Gasteiger partial charge is 0.259 e. The minimum absolute atomic E-state index is 0.0241. The number of ether oxygens (including phenoxy) is 1. The average Bonchev–Trinajstić information content (AvgIpc) is 3.50. The van der Waals surface area contributed by atoms with Crippen LogP contribution in [0.25, 0.3) is 22.4 Å². The molecule has 1 fully saturated rings. The topological polar surface area (TPSA) is 115 Å². The number of fused-ring (bicyclic) bond motifs is 2. The molecule has 2 aromatic carbocycles. The molecular weight excluding hydrogens is 532 g/mol. The number of aliphatic hydroxyl groups excluding tert-OH is 1. The van der Waals surface area contributed by atoms with Crippen LogP contribution in [0.5, 0.6) is 5.75 Å². The van der Waals surface area contributed by atoms with Gasteiger partial charge in [-0.05, 0) is 87.3 Å². The number of carbonyl (C=O) groups excluding carboxylic acids is 1. The number of carbonyl (C=O) groups is 1. The van der Waals surface area contributed by atoms with Crippen molar-refractivity contribution in [1.82, 2.24) is 24.8 Å². The van der Waals surface area contributed by atoms with Crippen molar-refractivity contribution < 1.29 is 23.4 Å². The Kier molecular flexibility index (Phi) is 7.31. The number of aromatic nitrogens is 3. The maximum Gasteiger partial charge on any atom is 0.259 e. The molecule has 41 heavy (non-hydrogen) atoms. The van der Waals surface area contributed by atoms with Crippen molar-refractivity contribution in [3.63, 3.8) is 0 Å². The first-order valence-electron chi connectivity index (χ1n) is 13.8. The minimum Gasteiger partial charge on any atom is -0.488 e. The molecule has 214 valence electrons. The van der Waals surface area contributed by atoms with E-state index in [0.29, 0.717) is 47.1 Å². The van der Waals surface area contributed by atoms with Gasteiger partial charge in [0.2, 0.25) is 0 Å². The van der Waals surface area contributed by atoms with Crippen LogP contribution in [0.4, 0.5) is 8.78 Å². The first kappa shape index (κ1) is 27.1. The van der Waals surface area contributed by atoms with Crippen molar-refractivity contribution in [2.45, 2.75) is 44.4 Å². The van der Waals surface area contributed by atoms with E-state index in [1.165, 1.54) is 12.3 Å². The summed E-state index contributed by atoms with van der Waals surface area (Å²) in [5, 5.41) is 10.4. The highest BCUT2D eigenvalue weighted by Crippen LogP contribution is 2.32. The molecule has 4 aromatic rings. The summed E-state index contributed by atoms with van der Waals surface area (Å²) in [5.74, 6) is -1.31. The number of pyridine rings is 1. The summed E-state index contributed by atoms with van der Waals surface area (Å²) in [5.41, 5.74) is 3.61. The number of piperidine rings is 1. The molecule has 2 aromatic heterocycles. The van der Waals surface area contributed by atoms with Gasteiger partial charge in [0, 0.05) is 30.4 Å². The van der Waals surface area contributed by atoms with Gasteiger partial charge in [0.15, 0.2) is 11.6 Å². The number of nitrogens with one attached hydrogen (secondary N) is 2. The molecule has 1 atom stereocenters. The number of H-pyrrole nitrogens is 2. The number of aryl methyl sites for hydroxylation is 1. The fourth-order valence-electron chi connectivity index (χ4n) is 5.73. The van der Waals surface area contributed by atoms with Crippen LogP contribution in [0, 0.1) is 11.6 Å². The number of halogens is 2. The molecule has 0 radical (unpaired) electrons. The van der Waals surface area contributed by atoms with Crippen LogP contribution < -0.4 is 10.3 Å². The van der Waals surface area contributed by atoms with Gasteiger partial charge in [0.05, 0.1) is 22.7 Å². The lowest BCUT2D eigenvalue weighted by Gasteiger charge is -2.34. The van der Waals surface area contributed by atoms with Crippen molar-refractivity contribution in [3.8, 4) is 17.1 Å². The molecule has 0 aliphatic carbocycles. The quantitative estimate of drug-likeness (QED) is 0.302. The van der Waals surface area contributed by atoms with E-state index in [9.17, 15) is 23.5 Å². The zero-order valence-corrected chi connectivity index (χ0v) is 22.6. The van der Waals surface area contributed by atoms with E-state index >= 15 is 0 Å². The van der Waals surface area contributed by atoms with Gasteiger partial charge in [0.25, 0.3) is 11.5 Å². The van der Waals surface area contributed by atoms with Crippen LogP contribution in [0.2, 0.25) is 0 Å². The molecule has 9 nitrogen and oxygen atoms in total. The van der Waals surface area contributed by atoms with Crippen molar-refractivity contribution >= 4 is 16.9 Å². The van der Waals surface area contributed by atoms with E-state index in [2.05, 4.69) is 26.9 Å². The number of hydrogen-bond acceptors (Lipinski definition) is 6. The molecule has 0 saturated carbocycles. The third kappa shape index (κ3) is 5.47. The van der Waals surface area contributed by atoms with Gasteiger partial charge in [-0.3, -0.25) is 9.59 Å². The molecule has 0 spiro atoms. The Morgan fingerprint density at radius 1 is 1.15 bits per heavy atom. The number of imidazole rings is 1. The monoisotopic (exact) mass is 563 g/mol. The van der Waals surface area contributed by atoms with Crippen LogP contribution in [-0.2, 0) is 13.0 Å². The normalized spacial score (nSPS) is 16.9. The lowest BCUT2D eigenvalue weighted by molar-refractivity contribution is 0.0617. The summed E-state index contributed by atoms with van der Waals surface area (Å²) in [7, 11) is 2.10. The Balaban J connectivity index is 1.18. The fourth-order valence-corrected chi connectivity index (χ4v) is 5.73. The zero-order valence-electron chi connectivity index (χ0n) is 22.6. The van der Waals surface area contributed by atoms with Gasteiger partial charge in [-0.25, -0.2) is 13.8 Å². The van der Waals surface area contributed by atoms with Gasteiger partial charge in [0.1, 0.15) is 18.2 Å². The highest BCUT2D eigenvalue weighted by Gasteiger charge is 2.34. The van der Waals surface area contributed by atoms with Crippen molar-refractivity contribution in [2.75, 3.05) is 26.7 Å². The van der Waals surface area contributed by atoms with Crippen LogP contribution in [-0.4, -0.2) is 74.7 Å². The third-order valence-electron chi connectivity index (χ3n) is 8.02. The number of nitrogens with zero attached hydrogens (tertiary/aromatic N) is 3. The Labute approximate surface area is 234 Å². The molecule has 4 heterocycles. The van der Waals surface area contributed by atoms with Gasteiger partial charge in [-0.2, -0.15) is 0 Å². The van der Waals surface area contributed by atoms with Crippen molar-refractivity contribution in [3.05, 3.63) is 81.3 Å². The van der Waals surface area contributed by atoms with Gasteiger partial charge in [-0.15, -0.1) is 0 Å². The Morgan fingerprint density at radius 2 is 1.95 bits per heavy atom. The number of rotatable bonds is 8. The Bertz CT molecular complexity index is 1660. The van der Waals surface area contributed by atoms with E-state index in [0.717, 1.165) is 43.1 Å². The van der Waals surface area contributed by atoms with Gasteiger partial charge in [-0.1, -0.05) is 0 Å². The number of benzene rings is 2. The van der Waals surface area contributed by atoms with Crippen LogP contribution in [0.3, 0.4) is 0 Å². The maximum atomic E-state index is 13.8. The number of hydrogen-bond donors (Lipinski definition) is 3.